The minimum Gasteiger partial charge on any atom is -0.748 e. The van der Waals surface area contributed by atoms with E-state index in [0.29, 0.717) is 6.54 Å². The van der Waals surface area contributed by atoms with Crippen molar-refractivity contribution in [2.75, 3.05) is 17.2 Å². The Morgan fingerprint density at radius 1 is 1.00 bits per heavy atom. The monoisotopic (exact) mass is 823 g/mol. The van der Waals surface area contributed by atoms with Gasteiger partial charge in [0.1, 0.15) is 0 Å². The van der Waals surface area contributed by atoms with E-state index in [2.05, 4.69) is 92.8 Å². The summed E-state index contributed by atoms with van der Waals surface area (Å²) in [6.07, 6.45) is 14.3. The van der Waals surface area contributed by atoms with Gasteiger partial charge in [-0.15, -0.1) is 43.3 Å². The van der Waals surface area contributed by atoms with Crippen LogP contribution in [0.3, 0.4) is 0 Å². The average Bonchev–Trinajstić information content (AvgIpc) is 3.41. The van der Waals surface area contributed by atoms with E-state index in [1.54, 1.807) is 0 Å². The SMILES string of the molecule is O=S(=O)=O.O=S(=O)=O.[CH2-]CC[n+]1cccc2c1N=C(C=CC1=C(Cl)C(=CC=C3N(CCCS(=O)(=O)[O-])c4cc[c-]cc4C3(C)C)CCC1)C2(C)C.[Na+].[Na+]. The van der Waals surface area contributed by atoms with Crippen LogP contribution in [0.5, 0.6) is 0 Å². The van der Waals surface area contributed by atoms with Gasteiger partial charge in [-0.25, -0.2) is 13.0 Å². The molecule has 0 amide bonds. The second kappa shape index (κ2) is 21.5. The van der Waals surface area contributed by atoms with E-state index >= 15 is 0 Å². The van der Waals surface area contributed by atoms with Crippen molar-refractivity contribution in [1.82, 2.24) is 0 Å². The van der Waals surface area contributed by atoms with Crippen molar-refractivity contribution in [2.45, 2.75) is 77.2 Å². The Balaban J connectivity index is 0.00000128. The largest absolute Gasteiger partial charge is 1.00 e. The summed E-state index contributed by atoms with van der Waals surface area (Å²) in [7, 11) is -10.5. The Labute approximate surface area is 364 Å². The van der Waals surface area contributed by atoms with Gasteiger partial charge in [-0.1, -0.05) is 43.3 Å². The number of nitrogens with zero attached hydrogens (tertiary/aromatic N) is 3. The van der Waals surface area contributed by atoms with E-state index in [9.17, 15) is 13.0 Å². The number of allylic oxidation sites excluding steroid dienone is 8. The summed E-state index contributed by atoms with van der Waals surface area (Å²) in [5, 5.41) is 0.769. The van der Waals surface area contributed by atoms with Crippen LogP contribution in [0.25, 0.3) is 0 Å². The number of anilines is 1. The van der Waals surface area contributed by atoms with Crippen LogP contribution in [0, 0.1) is 13.0 Å². The fourth-order valence-electron chi connectivity index (χ4n) is 6.41. The molecular weight excluding hydrogens is 784 g/mol. The molecule has 0 saturated carbocycles. The quantitative estimate of drug-likeness (QED) is 0.134. The molecule has 2 aromatic rings. The molecule has 0 saturated heterocycles. The van der Waals surface area contributed by atoms with Crippen LogP contribution in [-0.4, -0.2) is 56.2 Å². The van der Waals surface area contributed by atoms with Gasteiger partial charge >= 0.3 is 86.1 Å². The first kappa shape index (κ1) is 49.3. The van der Waals surface area contributed by atoms with Crippen LogP contribution >= 0.6 is 11.6 Å². The van der Waals surface area contributed by atoms with Gasteiger partial charge in [-0.2, -0.15) is 18.2 Å². The molecule has 2 aliphatic heterocycles. The third-order valence-corrected chi connectivity index (χ3v) is 10.1. The van der Waals surface area contributed by atoms with Gasteiger partial charge in [0.25, 0.3) is 0 Å². The van der Waals surface area contributed by atoms with Crippen molar-refractivity contribution in [3.8, 4) is 0 Å². The number of benzene rings is 1. The maximum Gasteiger partial charge on any atom is 1.00 e. The number of hydrogen-bond acceptors (Lipinski definition) is 11. The van der Waals surface area contributed by atoms with Gasteiger partial charge in [-0.3, -0.25) is 0 Å². The first-order valence-corrected chi connectivity index (χ1v) is 19.9. The first-order chi connectivity index (χ1) is 23.8. The summed E-state index contributed by atoms with van der Waals surface area (Å²) in [5.41, 5.74) is 7.05. The smallest absolute Gasteiger partial charge is 0.748 e. The maximum absolute atomic E-state index is 11.3. The van der Waals surface area contributed by atoms with Crippen LogP contribution in [-0.2, 0) is 48.7 Å². The number of aryl methyl sites for hydroxylation is 1. The Hall–Kier alpha value is -1.76. The van der Waals surface area contributed by atoms with Gasteiger partial charge in [0, 0.05) is 23.0 Å². The third-order valence-electron chi connectivity index (χ3n) is 8.83. The summed E-state index contributed by atoms with van der Waals surface area (Å²) < 4.78 is 86.7. The van der Waals surface area contributed by atoms with Crippen LogP contribution in [0.1, 0.15) is 70.9 Å². The molecule has 3 aliphatic rings. The number of pyridine rings is 1. The van der Waals surface area contributed by atoms with E-state index in [1.165, 1.54) is 5.56 Å². The van der Waals surface area contributed by atoms with Crippen molar-refractivity contribution in [3.63, 3.8) is 0 Å². The summed E-state index contributed by atoms with van der Waals surface area (Å²) in [5.74, 6) is 0.613. The fraction of sp³-hybridized carbons (Fsp3) is 0.400. The topological polar surface area (TPSA) is 179 Å². The van der Waals surface area contributed by atoms with Crippen LogP contribution in [0.15, 0.2) is 87.7 Å². The number of fused-ring (bicyclic) bond motifs is 2. The molecule has 5 rings (SSSR count). The van der Waals surface area contributed by atoms with E-state index in [4.69, 9.17) is 41.8 Å². The van der Waals surface area contributed by atoms with Crippen molar-refractivity contribution in [3.05, 3.63) is 107 Å². The Bertz CT molecular complexity index is 2110. The van der Waals surface area contributed by atoms with E-state index < -0.39 is 31.3 Å². The van der Waals surface area contributed by atoms with Gasteiger partial charge in [0.05, 0.1) is 33.8 Å². The molecule has 1 aliphatic carbocycles. The number of hydrogen-bond donors (Lipinski definition) is 0. The third kappa shape index (κ3) is 13.4. The minimum atomic E-state index is -4.28. The van der Waals surface area contributed by atoms with Crippen molar-refractivity contribution < 1.29 is 102 Å². The van der Waals surface area contributed by atoms with Crippen LogP contribution in [0.4, 0.5) is 11.5 Å². The molecule has 276 valence electrons. The maximum atomic E-state index is 11.3. The Morgan fingerprint density at radius 2 is 1.64 bits per heavy atom. The molecule has 53 heavy (non-hydrogen) atoms. The number of aromatic nitrogens is 1. The second-order valence-corrected chi connectivity index (χ2v) is 15.6. The van der Waals surface area contributed by atoms with Gasteiger partial charge in [-0.05, 0) is 85.4 Å². The van der Waals surface area contributed by atoms with E-state index in [-0.39, 0.29) is 82.1 Å². The molecule has 0 spiro atoms. The predicted octanol–water partition coefficient (Wildman–Crippen LogP) is -0.862. The molecule has 0 bridgehead atoms. The number of halogens is 1. The molecule has 0 atom stereocenters. The van der Waals surface area contributed by atoms with Gasteiger partial charge in [0.15, 0.2) is 5.71 Å². The molecule has 0 N–H and O–H groups in total. The molecule has 0 fully saturated rings. The molecular formula is C35H40ClN3Na2O9S3. The average molecular weight is 824 g/mol. The zero-order valence-corrected chi connectivity index (χ0v) is 38.0. The van der Waals surface area contributed by atoms with Crippen molar-refractivity contribution in [2.24, 2.45) is 4.99 Å². The predicted molar refractivity (Wildman–Crippen MR) is 193 cm³/mol. The van der Waals surface area contributed by atoms with E-state index in [0.717, 1.165) is 76.9 Å². The Morgan fingerprint density at radius 3 is 2.25 bits per heavy atom. The molecule has 0 unspecified atom stereocenters. The van der Waals surface area contributed by atoms with Crippen LogP contribution < -0.4 is 68.6 Å². The summed E-state index contributed by atoms with van der Waals surface area (Å²) in [4.78, 5) is 7.16. The standard InChI is InChI=1S/C35H41ClN3O3S.2Na.2O3S/c1-6-21-38-22-10-15-28-33(38)37-30(34(28,2)3)19-17-25-12-9-13-26(32(25)36)18-20-31-35(4,5)27-14-7-8-16-29(27)39(31)23-11-24-43(40,41)42;;;2*1-4(2)3/h8,10,14-20,22H,1,6,9,11-13,21,23-24H2,2-5H3,(H,40,41,42);;;;/q-1;2*+1;;/p-1. The normalized spacial score (nSPS) is 18.1. The first-order valence-electron chi connectivity index (χ1n) is 16.0. The van der Waals surface area contributed by atoms with Gasteiger partial charge < -0.3 is 16.4 Å². The Kier molecular flexibility index (Phi) is 20.0. The molecule has 18 heteroatoms. The molecule has 1 aromatic carbocycles. The minimum absolute atomic E-state index is 0. The summed E-state index contributed by atoms with van der Waals surface area (Å²) in [6.45, 7) is 14.0. The molecule has 3 heterocycles. The van der Waals surface area contributed by atoms with E-state index in [1.807, 2.05) is 18.2 Å². The van der Waals surface area contributed by atoms with Crippen molar-refractivity contribution >= 4 is 60.2 Å². The number of rotatable bonds is 9. The van der Waals surface area contributed by atoms with Gasteiger partial charge in [0.2, 0.25) is 0 Å². The summed E-state index contributed by atoms with van der Waals surface area (Å²) >= 11 is 7.04. The molecule has 0 radical (unpaired) electrons. The molecule has 12 nitrogen and oxygen atoms in total. The second-order valence-electron chi connectivity index (χ2n) is 12.9. The molecule has 1 aromatic heterocycles. The zero-order chi connectivity index (χ0) is 38.1. The number of aliphatic imine (C=N–C) groups is 1. The fourth-order valence-corrected chi connectivity index (χ4v) is 7.21. The van der Waals surface area contributed by atoms with Crippen molar-refractivity contribution in [1.29, 1.82) is 0 Å². The van der Waals surface area contributed by atoms with Crippen LogP contribution in [0.2, 0.25) is 0 Å². The zero-order valence-electron chi connectivity index (χ0n) is 30.8. The summed E-state index contributed by atoms with van der Waals surface area (Å²) in [6, 6.07) is 13.3.